The van der Waals surface area contributed by atoms with E-state index in [1.807, 2.05) is 0 Å². The molecular weight excluding hydrogens is 624 g/mol. The lowest BCUT2D eigenvalue weighted by Crippen LogP contribution is -2.13. The summed E-state index contributed by atoms with van der Waals surface area (Å²) in [5.74, 6) is -0.194. The third-order valence-corrected chi connectivity index (χ3v) is 6.06. The Labute approximate surface area is 281 Å². The number of ether oxygens (including phenoxy) is 13. The third kappa shape index (κ3) is 42.7. The third-order valence-electron chi connectivity index (χ3n) is 6.06. The molecule has 0 saturated heterocycles. The van der Waals surface area contributed by atoms with E-state index in [0.717, 1.165) is 25.7 Å². The summed E-state index contributed by atoms with van der Waals surface area (Å²) in [4.78, 5) is 11.8. The molecule has 0 aromatic heterocycles. The van der Waals surface area contributed by atoms with Crippen molar-refractivity contribution in [3.8, 4) is 0 Å². The highest BCUT2D eigenvalue weighted by Gasteiger charge is 2.02. The number of unbranched alkanes of at least 4 members (excludes halogenated alkanes) is 11. The second kappa shape index (κ2) is 42.7. The molecule has 15 heteroatoms. The fourth-order valence-electron chi connectivity index (χ4n) is 3.71. The molecule has 1 N–H and O–H groups in total. The van der Waals surface area contributed by atoms with Crippen molar-refractivity contribution in [3.05, 3.63) is 12.2 Å². The predicted molar refractivity (Wildman–Crippen MR) is 169 cm³/mol. The lowest BCUT2D eigenvalue weighted by molar-refractivity contribution is -0.235. The number of allylic oxidation sites excluding steroid dienone is 2. The van der Waals surface area contributed by atoms with Gasteiger partial charge in [-0.3, -0.25) is 4.79 Å². The summed E-state index contributed by atoms with van der Waals surface area (Å²) in [7, 11) is 0. The molecule has 15 nitrogen and oxygen atoms in total. The van der Waals surface area contributed by atoms with Crippen molar-refractivity contribution in [1.82, 2.24) is 0 Å². The molecular formula is C32H62O15. The number of carbonyl (C=O) groups is 1. The molecule has 0 spiro atoms. The minimum Gasteiger partial charge on any atom is -0.463 e. The van der Waals surface area contributed by atoms with Crippen LogP contribution in [0.5, 0.6) is 0 Å². The number of carbonyl (C=O) groups excluding carboxylic acids is 1. The van der Waals surface area contributed by atoms with Crippen LogP contribution in [0.25, 0.3) is 0 Å². The Kier molecular flexibility index (Phi) is 41.5. The summed E-state index contributed by atoms with van der Waals surface area (Å²) in [6.45, 7) is 1.86. The lowest BCUT2D eigenvalue weighted by Gasteiger charge is -2.09. The van der Waals surface area contributed by atoms with Gasteiger partial charge in [0.2, 0.25) is 0 Å². The van der Waals surface area contributed by atoms with Crippen LogP contribution in [-0.2, 0) is 66.4 Å². The highest BCUT2D eigenvalue weighted by Crippen LogP contribution is 2.10. The fourth-order valence-corrected chi connectivity index (χ4v) is 3.71. The number of esters is 1. The SMILES string of the molecule is CCCCCCCC/C=C\CCCCCCCC(=O)OCCOCOCOCOCOCOCOCOCOCOCOCOCO. The quantitative estimate of drug-likeness (QED) is 0.0385. The van der Waals surface area contributed by atoms with E-state index in [1.54, 1.807) is 0 Å². The van der Waals surface area contributed by atoms with Crippen molar-refractivity contribution in [1.29, 1.82) is 0 Å². The Bertz CT molecular complexity index is 627. The average molecular weight is 687 g/mol. The molecule has 0 unspecified atom stereocenters. The van der Waals surface area contributed by atoms with Crippen LogP contribution in [-0.4, -0.2) is 106 Å². The number of aliphatic hydroxyl groups is 1. The summed E-state index contributed by atoms with van der Waals surface area (Å²) in [6, 6.07) is 0. The van der Waals surface area contributed by atoms with Crippen LogP contribution < -0.4 is 0 Å². The first kappa shape index (κ1) is 45.7. The van der Waals surface area contributed by atoms with E-state index in [4.69, 9.17) is 61.9 Å². The standard InChI is InChI=1S/C32H62O15/c1-2-3-4-5-6-7-8-9-10-11-12-13-14-15-16-17-32(34)47-19-18-35-21-37-23-39-25-41-27-43-29-45-31-46-30-44-28-42-26-40-24-38-22-36-20-33/h9-10,33H,2-8,11-31H2,1H3/b10-9-. The number of hydrogen-bond acceptors (Lipinski definition) is 15. The van der Waals surface area contributed by atoms with Crippen molar-refractivity contribution in [2.45, 2.75) is 96.8 Å². The predicted octanol–water partition coefficient (Wildman–Crippen LogP) is 5.25. The van der Waals surface area contributed by atoms with Gasteiger partial charge in [0.25, 0.3) is 0 Å². The zero-order valence-corrected chi connectivity index (χ0v) is 28.6. The average Bonchev–Trinajstić information content (AvgIpc) is 3.08. The Hall–Kier alpha value is -1.31. The topological polar surface area (TPSA) is 157 Å². The van der Waals surface area contributed by atoms with Gasteiger partial charge in [0, 0.05) is 6.42 Å². The van der Waals surface area contributed by atoms with E-state index in [-0.39, 0.29) is 93.9 Å². The molecule has 0 saturated carbocycles. The smallest absolute Gasteiger partial charge is 0.305 e. The van der Waals surface area contributed by atoms with Gasteiger partial charge in [-0.2, -0.15) is 0 Å². The van der Waals surface area contributed by atoms with Gasteiger partial charge in [-0.25, -0.2) is 0 Å². The molecule has 280 valence electrons. The van der Waals surface area contributed by atoms with Crippen molar-refractivity contribution in [3.63, 3.8) is 0 Å². The van der Waals surface area contributed by atoms with Crippen molar-refractivity contribution in [2.24, 2.45) is 0 Å². The van der Waals surface area contributed by atoms with Crippen LogP contribution >= 0.6 is 0 Å². The highest BCUT2D eigenvalue weighted by molar-refractivity contribution is 5.69. The Morgan fingerprint density at radius 1 is 0.447 bits per heavy atom. The lowest BCUT2D eigenvalue weighted by atomic mass is 10.1. The first-order valence-corrected chi connectivity index (χ1v) is 16.7. The summed E-state index contributed by atoms with van der Waals surface area (Å²) in [6.07, 6.45) is 21.0. The zero-order chi connectivity index (χ0) is 34.0. The molecule has 0 aliphatic heterocycles. The fraction of sp³-hybridized carbons (Fsp3) is 0.906. The maximum Gasteiger partial charge on any atom is 0.305 e. The minimum atomic E-state index is -0.418. The van der Waals surface area contributed by atoms with E-state index >= 15 is 0 Å². The zero-order valence-electron chi connectivity index (χ0n) is 28.6. The van der Waals surface area contributed by atoms with Crippen LogP contribution in [0.1, 0.15) is 96.8 Å². The molecule has 0 amide bonds. The molecule has 47 heavy (non-hydrogen) atoms. The van der Waals surface area contributed by atoms with Crippen molar-refractivity contribution >= 4 is 5.97 Å². The van der Waals surface area contributed by atoms with Crippen LogP contribution in [0, 0.1) is 0 Å². The monoisotopic (exact) mass is 686 g/mol. The number of rotatable bonds is 41. The highest BCUT2D eigenvalue weighted by atomic mass is 16.8. The first-order valence-electron chi connectivity index (χ1n) is 16.7. The van der Waals surface area contributed by atoms with E-state index in [0.29, 0.717) is 6.42 Å². The molecule has 0 fully saturated rings. The molecule has 0 bridgehead atoms. The van der Waals surface area contributed by atoms with Gasteiger partial charge in [0.15, 0.2) is 67.9 Å². The van der Waals surface area contributed by atoms with E-state index in [1.165, 1.54) is 57.8 Å². The molecule has 0 radical (unpaired) electrons. The Balaban J connectivity index is 3.16. The van der Waals surface area contributed by atoms with Crippen LogP contribution in [0.4, 0.5) is 0 Å². The molecule has 0 heterocycles. The van der Waals surface area contributed by atoms with E-state index in [2.05, 4.69) is 23.8 Å². The number of aliphatic hydroxyl groups excluding tert-OH is 1. The van der Waals surface area contributed by atoms with E-state index in [9.17, 15) is 4.79 Å². The van der Waals surface area contributed by atoms with Crippen LogP contribution in [0.3, 0.4) is 0 Å². The Morgan fingerprint density at radius 3 is 1.23 bits per heavy atom. The van der Waals surface area contributed by atoms with Gasteiger partial charge in [-0.15, -0.1) is 0 Å². The van der Waals surface area contributed by atoms with Gasteiger partial charge >= 0.3 is 5.97 Å². The largest absolute Gasteiger partial charge is 0.463 e. The maximum absolute atomic E-state index is 11.8. The minimum absolute atomic E-state index is 0.0106. The van der Waals surface area contributed by atoms with E-state index < -0.39 is 6.79 Å². The van der Waals surface area contributed by atoms with Gasteiger partial charge in [0.1, 0.15) is 20.2 Å². The molecule has 0 aromatic carbocycles. The first-order chi connectivity index (χ1) is 23.3. The number of hydrogen-bond donors (Lipinski definition) is 1. The summed E-state index contributed by atoms with van der Waals surface area (Å²) in [5, 5.41) is 8.37. The van der Waals surface area contributed by atoms with Crippen LogP contribution in [0.15, 0.2) is 12.2 Å². The molecule has 0 atom stereocenters. The summed E-state index contributed by atoms with van der Waals surface area (Å²) < 4.78 is 65.3. The maximum atomic E-state index is 11.8. The van der Waals surface area contributed by atoms with Crippen molar-refractivity contribution in [2.75, 3.05) is 94.7 Å². The molecule has 0 aliphatic rings. The summed E-state index contributed by atoms with van der Waals surface area (Å²) >= 11 is 0. The van der Waals surface area contributed by atoms with Gasteiger partial charge in [-0.1, -0.05) is 70.4 Å². The second-order valence-corrected chi connectivity index (χ2v) is 10.1. The molecule has 0 aliphatic carbocycles. The van der Waals surface area contributed by atoms with Gasteiger partial charge in [0.05, 0.1) is 6.61 Å². The van der Waals surface area contributed by atoms with Gasteiger partial charge < -0.3 is 66.7 Å². The normalized spacial score (nSPS) is 11.6. The van der Waals surface area contributed by atoms with Gasteiger partial charge in [-0.05, 0) is 32.1 Å². The molecule has 0 aromatic rings. The molecule has 0 rings (SSSR count). The van der Waals surface area contributed by atoms with Crippen molar-refractivity contribution < 1.29 is 71.5 Å². The Morgan fingerprint density at radius 2 is 0.809 bits per heavy atom. The second-order valence-electron chi connectivity index (χ2n) is 10.1. The summed E-state index contributed by atoms with van der Waals surface area (Å²) in [5.41, 5.74) is 0. The van der Waals surface area contributed by atoms with Crippen LogP contribution in [0.2, 0.25) is 0 Å².